The first-order valence-electron chi connectivity index (χ1n) is 11.0. The molecule has 0 saturated carbocycles. The molecule has 33 heavy (non-hydrogen) atoms. The number of ether oxygens (including phenoxy) is 1. The van der Waals surface area contributed by atoms with Crippen LogP contribution in [0.15, 0.2) is 24.3 Å². The van der Waals surface area contributed by atoms with Gasteiger partial charge in [0.1, 0.15) is 4.88 Å². The van der Waals surface area contributed by atoms with Gasteiger partial charge < -0.3 is 14.5 Å². The first-order valence-corrected chi connectivity index (χ1v) is 14.3. The quantitative estimate of drug-likeness (QED) is 0.368. The molecule has 2 heterocycles. The lowest BCUT2D eigenvalue weighted by Gasteiger charge is -2.36. The van der Waals surface area contributed by atoms with Crippen molar-refractivity contribution >= 4 is 47.2 Å². The summed E-state index contributed by atoms with van der Waals surface area (Å²) in [5.41, 5.74) is 1.08. The zero-order valence-electron chi connectivity index (χ0n) is 19.8. The van der Waals surface area contributed by atoms with Crippen molar-refractivity contribution in [1.82, 2.24) is 0 Å². The van der Waals surface area contributed by atoms with Gasteiger partial charge in [0.05, 0.1) is 10.6 Å². The summed E-state index contributed by atoms with van der Waals surface area (Å²) in [4.78, 5) is 13.0. The second-order valence-electron chi connectivity index (χ2n) is 9.58. The van der Waals surface area contributed by atoms with Crippen molar-refractivity contribution in [3.8, 4) is 11.8 Å². The Labute approximate surface area is 205 Å². The molecule has 0 aliphatic carbocycles. The Morgan fingerprint density at radius 1 is 1.30 bits per heavy atom. The molecule has 3 rings (SSSR count). The molecule has 0 bridgehead atoms. The number of carbonyl (C=O) groups is 1. The highest BCUT2D eigenvalue weighted by atomic mass is 35.5. The molecule has 1 aromatic carbocycles. The Morgan fingerprint density at radius 2 is 1.97 bits per heavy atom. The van der Waals surface area contributed by atoms with Crippen molar-refractivity contribution in [2.45, 2.75) is 40.5 Å². The minimum Gasteiger partial charge on any atom is -0.477 e. The van der Waals surface area contributed by atoms with Crippen LogP contribution in [0.25, 0.3) is 0 Å². The second kappa shape index (κ2) is 10.2. The predicted octanol–water partition coefficient (Wildman–Crippen LogP) is 6.27. The minimum absolute atomic E-state index is 0.161. The summed E-state index contributed by atoms with van der Waals surface area (Å²) in [5.74, 6) is 5.51. The predicted molar refractivity (Wildman–Crippen MR) is 138 cm³/mol. The molecule has 0 amide bonds. The molecule has 178 valence electrons. The molecule has 0 spiro atoms. The molecular weight excluding hydrogens is 477 g/mol. The number of benzene rings is 1. The number of halogens is 1. The van der Waals surface area contributed by atoms with Crippen LogP contribution in [-0.2, 0) is 9.30 Å². The lowest BCUT2D eigenvalue weighted by Crippen LogP contribution is -2.34. The van der Waals surface area contributed by atoms with Crippen molar-refractivity contribution in [3.63, 3.8) is 0 Å². The maximum absolute atomic E-state index is 14.5. The van der Waals surface area contributed by atoms with E-state index >= 15 is 0 Å². The first-order chi connectivity index (χ1) is 15.4. The van der Waals surface area contributed by atoms with Crippen LogP contribution in [0.4, 0.5) is 5.69 Å². The highest BCUT2D eigenvalue weighted by Gasteiger charge is 2.35. The van der Waals surface area contributed by atoms with Crippen molar-refractivity contribution in [2.24, 2.45) is 11.3 Å². The first kappa shape index (κ1) is 25.8. The van der Waals surface area contributed by atoms with Crippen LogP contribution in [0.1, 0.15) is 53.7 Å². The van der Waals surface area contributed by atoms with Gasteiger partial charge in [0, 0.05) is 42.2 Å². The molecule has 8 heteroatoms. The Morgan fingerprint density at radius 3 is 2.55 bits per heavy atom. The van der Waals surface area contributed by atoms with Crippen LogP contribution < -0.4 is 9.97 Å². The van der Waals surface area contributed by atoms with Gasteiger partial charge in [-0.25, -0.2) is 4.79 Å². The van der Waals surface area contributed by atoms with Crippen molar-refractivity contribution in [3.05, 3.63) is 44.6 Å². The van der Waals surface area contributed by atoms with Crippen LogP contribution in [0, 0.1) is 30.1 Å². The summed E-state index contributed by atoms with van der Waals surface area (Å²) in [6.45, 7) is 11.4. The van der Waals surface area contributed by atoms with Gasteiger partial charge in [-0.2, -0.15) is 0 Å². The van der Waals surface area contributed by atoms with E-state index in [9.17, 15) is 14.5 Å². The molecule has 5 nitrogen and oxygen atoms in total. The lowest BCUT2D eigenvalue weighted by atomic mass is 9.98. The normalized spacial score (nSPS) is 16.5. The van der Waals surface area contributed by atoms with E-state index in [1.165, 1.54) is 0 Å². The zero-order valence-corrected chi connectivity index (χ0v) is 22.2. The number of hydrogen-bond acceptors (Lipinski definition) is 4. The molecule has 1 aliphatic heterocycles. The number of hydrogen-bond donors (Lipinski definition) is 1. The summed E-state index contributed by atoms with van der Waals surface area (Å²) in [5, 5.41) is 11.3. The molecule has 1 N–H and O–H groups in total. The molecule has 1 aliphatic rings. The smallest absolute Gasteiger partial charge is 0.348 e. The number of anilines is 1. The van der Waals surface area contributed by atoms with Crippen LogP contribution in [0.3, 0.4) is 0 Å². The van der Waals surface area contributed by atoms with E-state index < -0.39 is 13.3 Å². The third kappa shape index (κ3) is 6.43. The summed E-state index contributed by atoms with van der Waals surface area (Å²) < 4.78 is 21.8. The summed E-state index contributed by atoms with van der Waals surface area (Å²) in [6, 6.07) is 7.11. The number of carboxylic acid groups (broad SMARTS) is 1. The third-order valence-electron chi connectivity index (χ3n) is 5.58. The van der Waals surface area contributed by atoms with Gasteiger partial charge >= 0.3 is 5.97 Å². The fourth-order valence-corrected chi connectivity index (χ4v) is 7.47. The average molecular weight is 508 g/mol. The number of aromatic carboxylic acids is 1. The van der Waals surface area contributed by atoms with E-state index in [4.69, 9.17) is 16.3 Å². The summed E-state index contributed by atoms with van der Waals surface area (Å²) >= 11 is 7.29. The Balaban J connectivity index is 2.14. The van der Waals surface area contributed by atoms with E-state index in [1.54, 1.807) is 30.9 Å². The maximum atomic E-state index is 14.5. The lowest BCUT2D eigenvalue weighted by molar-refractivity contribution is 0.0685. The fraction of sp³-hybridized carbons (Fsp3) is 0.480. The van der Waals surface area contributed by atoms with Gasteiger partial charge in [0.2, 0.25) is 0 Å². The molecule has 1 atom stereocenters. The van der Waals surface area contributed by atoms with Crippen LogP contribution in [0.2, 0.25) is 5.02 Å². The van der Waals surface area contributed by atoms with E-state index in [1.807, 2.05) is 32.4 Å². The monoisotopic (exact) mass is 507 g/mol. The van der Waals surface area contributed by atoms with Crippen molar-refractivity contribution in [1.29, 1.82) is 0 Å². The Hall–Kier alpha value is -1.77. The number of aryl methyl sites for hydroxylation is 1. The molecule has 1 aromatic heterocycles. The average Bonchev–Trinajstić information content (AvgIpc) is 3.14. The third-order valence-corrected chi connectivity index (χ3v) is 9.54. The minimum atomic E-state index is -3.18. The molecule has 1 saturated heterocycles. The van der Waals surface area contributed by atoms with Crippen LogP contribution >= 0.6 is 30.2 Å². The molecule has 1 unspecified atom stereocenters. The van der Waals surface area contributed by atoms with Gasteiger partial charge in [-0.1, -0.05) is 23.4 Å². The summed E-state index contributed by atoms with van der Waals surface area (Å²) in [6.07, 6.45) is 1.69. The number of rotatable bonds is 6. The SMILES string of the molecule is Cc1cc(Cl)ccc1P(C)(=O)N(CC1CCOCC1)c1cc(C#CC(C)(C)C)sc1C(=O)O. The van der Waals surface area contributed by atoms with Gasteiger partial charge in [-0.3, -0.25) is 4.57 Å². The number of nitrogens with zero attached hydrogens (tertiary/aromatic N) is 1. The van der Waals surface area contributed by atoms with Gasteiger partial charge in [-0.05, 0) is 76.3 Å². The zero-order chi connectivity index (χ0) is 24.4. The van der Waals surface area contributed by atoms with E-state index in [0.717, 1.165) is 29.7 Å². The second-order valence-corrected chi connectivity index (χ2v) is 13.8. The summed E-state index contributed by atoms with van der Waals surface area (Å²) in [7, 11) is -3.18. The van der Waals surface area contributed by atoms with E-state index in [2.05, 4.69) is 11.8 Å². The van der Waals surface area contributed by atoms with E-state index in [0.29, 0.717) is 40.7 Å². The van der Waals surface area contributed by atoms with Crippen LogP contribution in [0.5, 0.6) is 0 Å². The Bertz CT molecular complexity index is 1140. The maximum Gasteiger partial charge on any atom is 0.348 e. The van der Waals surface area contributed by atoms with Crippen molar-refractivity contribution in [2.75, 3.05) is 31.1 Å². The number of carboxylic acids is 1. The molecule has 1 fully saturated rings. The van der Waals surface area contributed by atoms with Crippen LogP contribution in [-0.4, -0.2) is 37.5 Å². The molecule has 0 radical (unpaired) electrons. The van der Waals surface area contributed by atoms with Gasteiger partial charge in [-0.15, -0.1) is 11.3 Å². The van der Waals surface area contributed by atoms with Gasteiger partial charge in [0.15, 0.2) is 7.29 Å². The Kier molecular flexibility index (Phi) is 8.02. The topological polar surface area (TPSA) is 66.8 Å². The number of thiophene rings is 1. The largest absolute Gasteiger partial charge is 0.477 e. The van der Waals surface area contributed by atoms with Crippen molar-refractivity contribution < 1.29 is 19.2 Å². The molecular formula is C25H31ClNO4PS. The standard InChI is InChI=1S/C25H31ClNO4PS/c1-17-14-19(26)6-7-22(17)32(5,30)27(16-18-9-12-31-13-10-18)21-15-20(8-11-25(2,3)4)33-23(21)24(28)29/h6-7,14-15,18H,9-10,12-13,16H2,1-5H3,(H,28,29). The van der Waals surface area contributed by atoms with E-state index in [-0.39, 0.29) is 16.2 Å². The highest BCUT2D eigenvalue weighted by molar-refractivity contribution is 7.72. The fourth-order valence-electron chi connectivity index (χ4n) is 3.88. The highest BCUT2D eigenvalue weighted by Crippen LogP contribution is 2.51. The molecule has 2 aromatic rings. The van der Waals surface area contributed by atoms with Gasteiger partial charge in [0.25, 0.3) is 0 Å².